The van der Waals surface area contributed by atoms with Crippen molar-refractivity contribution >= 4 is 23.4 Å². The maximum atomic E-state index is 12.4. The summed E-state index contributed by atoms with van der Waals surface area (Å²) >= 11 is 0. The van der Waals surface area contributed by atoms with Crippen LogP contribution in [0.15, 0.2) is 48.5 Å². The highest BCUT2D eigenvalue weighted by Crippen LogP contribution is 2.30. The lowest BCUT2D eigenvalue weighted by atomic mass is 9.87. The summed E-state index contributed by atoms with van der Waals surface area (Å²) in [6.07, 6.45) is 0.175. The lowest BCUT2D eigenvalue weighted by molar-refractivity contribution is -0.124. The van der Waals surface area contributed by atoms with Crippen LogP contribution in [-0.2, 0) is 15.0 Å². The molecule has 0 saturated heterocycles. The van der Waals surface area contributed by atoms with Crippen LogP contribution in [0.2, 0.25) is 0 Å². The number of rotatable bonds is 3. The fourth-order valence-corrected chi connectivity index (χ4v) is 3.00. The average molecular weight is 395 g/mol. The first kappa shape index (κ1) is 20.4. The Labute approximate surface area is 170 Å². The van der Waals surface area contributed by atoms with E-state index < -0.39 is 11.8 Å². The van der Waals surface area contributed by atoms with Gasteiger partial charge in [0.2, 0.25) is 5.91 Å². The van der Waals surface area contributed by atoms with E-state index in [1.54, 1.807) is 36.4 Å². The van der Waals surface area contributed by atoms with Crippen molar-refractivity contribution in [1.29, 1.82) is 0 Å². The van der Waals surface area contributed by atoms with Gasteiger partial charge in [0.05, 0.1) is 18.7 Å². The number of nitrogens with zero attached hydrogens (tertiary/aromatic N) is 1. The Morgan fingerprint density at radius 3 is 2.41 bits per heavy atom. The summed E-state index contributed by atoms with van der Waals surface area (Å²) in [4.78, 5) is 38.4. The lowest BCUT2D eigenvalue weighted by Crippen LogP contribution is -2.47. The number of nitrogens with one attached hydrogen (secondary N) is 2. The van der Waals surface area contributed by atoms with E-state index in [4.69, 9.17) is 4.74 Å². The van der Waals surface area contributed by atoms with Crippen molar-refractivity contribution in [2.75, 3.05) is 18.1 Å². The molecule has 0 bridgehead atoms. The van der Waals surface area contributed by atoms with Gasteiger partial charge in [0.25, 0.3) is 11.8 Å². The van der Waals surface area contributed by atoms with Crippen molar-refractivity contribution in [3.8, 4) is 5.75 Å². The molecule has 2 aromatic carbocycles. The number of hydrogen-bond donors (Lipinski definition) is 2. The van der Waals surface area contributed by atoms with Gasteiger partial charge in [-0.15, -0.1) is 0 Å². The molecule has 29 heavy (non-hydrogen) atoms. The summed E-state index contributed by atoms with van der Waals surface area (Å²) < 4.78 is 5.56. The van der Waals surface area contributed by atoms with E-state index in [1.807, 2.05) is 12.1 Å². The molecule has 2 N–H and O–H groups in total. The highest BCUT2D eigenvalue weighted by Gasteiger charge is 2.25. The number of carbonyl (C=O) groups excluding carboxylic acids is 3. The highest BCUT2D eigenvalue weighted by atomic mass is 16.5. The molecule has 0 spiro atoms. The third kappa shape index (κ3) is 4.93. The number of hydrazine groups is 1. The quantitative estimate of drug-likeness (QED) is 0.782. The molecule has 7 heteroatoms. The second kappa shape index (κ2) is 8.34. The molecule has 7 nitrogen and oxygen atoms in total. The number of para-hydroxylation sites is 2. The molecule has 0 fully saturated rings. The fraction of sp³-hybridized carbons (Fsp3) is 0.318. The third-order valence-corrected chi connectivity index (χ3v) is 4.66. The van der Waals surface area contributed by atoms with Gasteiger partial charge in [-0.1, -0.05) is 45.0 Å². The molecule has 3 rings (SSSR count). The Balaban J connectivity index is 1.61. The Morgan fingerprint density at radius 2 is 1.72 bits per heavy atom. The Bertz CT molecular complexity index is 916. The number of carbonyl (C=O) groups is 3. The molecular weight excluding hydrogens is 370 g/mol. The van der Waals surface area contributed by atoms with Gasteiger partial charge >= 0.3 is 0 Å². The molecular formula is C22H25N3O4. The standard InChI is InChI=1S/C22H25N3O4/c1-22(2,3)16-10-8-15(9-11-16)21(28)24-23-19(26)14-25-17-6-4-5-7-18(17)29-13-12-20(25)27/h4-11H,12-14H2,1-3H3,(H,23,26)(H,24,28). The number of hydrogen-bond acceptors (Lipinski definition) is 4. The van der Waals surface area contributed by atoms with E-state index in [2.05, 4.69) is 31.6 Å². The van der Waals surface area contributed by atoms with E-state index in [0.29, 0.717) is 17.0 Å². The van der Waals surface area contributed by atoms with Crippen molar-refractivity contribution in [3.63, 3.8) is 0 Å². The summed E-state index contributed by atoms with van der Waals surface area (Å²) in [7, 11) is 0. The Morgan fingerprint density at radius 1 is 1.03 bits per heavy atom. The van der Waals surface area contributed by atoms with Crippen LogP contribution < -0.4 is 20.5 Å². The number of amides is 3. The van der Waals surface area contributed by atoms with Crippen molar-refractivity contribution < 1.29 is 19.1 Å². The van der Waals surface area contributed by atoms with Crippen LogP contribution in [0.5, 0.6) is 5.75 Å². The molecule has 1 heterocycles. The largest absolute Gasteiger partial charge is 0.491 e. The number of fused-ring (bicyclic) bond motifs is 1. The molecule has 0 aliphatic carbocycles. The van der Waals surface area contributed by atoms with Crippen molar-refractivity contribution in [2.45, 2.75) is 32.6 Å². The minimum absolute atomic E-state index is 0.0110. The maximum absolute atomic E-state index is 12.4. The number of anilines is 1. The van der Waals surface area contributed by atoms with Crippen LogP contribution in [0.1, 0.15) is 43.1 Å². The fourth-order valence-electron chi connectivity index (χ4n) is 3.00. The van der Waals surface area contributed by atoms with Crippen molar-refractivity contribution in [1.82, 2.24) is 10.9 Å². The molecule has 152 valence electrons. The molecule has 0 atom stereocenters. The van der Waals surface area contributed by atoms with Crippen LogP contribution in [0.3, 0.4) is 0 Å². The van der Waals surface area contributed by atoms with E-state index in [1.165, 1.54) is 4.90 Å². The van der Waals surface area contributed by atoms with Gasteiger partial charge in [0.15, 0.2) is 0 Å². The smallest absolute Gasteiger partial charge is 0.269 e. The summed E-state index contributed by atoms with van der Waals surface area (Å²) in [5.41, 5.74) is 6.83. The second-order valence-corrected chi connectivity index (χ2v) is 7.88. The van der Waals surface area contributed by atoms with Gasteiger partial charge in [-0.05, 0) is 35.2 Å². The summed E-state index contributed by atoms with van der Waals surface area (Å²) in [5, 5.41) is 0. The summed E-state index contributed by atoms with van der Waals surface area (Å²) in [6.45, 7) is 6.32. The first-order valence-corrected chi connectivity index (χ1v) is 9.47. The lowest BCUT2D eigenvalue weighted by Gasteiger charge is -2.21. The molecule has 3 amide bonds. The van der Waals surface area contributed by atoms with Crippen LogP contribution >= 0.6 is 0 Å². The van der Waals surface area contributed by atoms with Gasteiger partial charge in [-0.25, -0.2) is 0 Å². The molecule has 1 aliphatic heterocycles. The second-order valence-electron chi connectivity index (χ2n) is 7.88. The molecule has 0 saturated carbocycles. The third-order valence-electron chi connectivity index (χ3n) is 4.66. The van der Waals surface area contributed by atoms with Crippen molar-refractivity contribution in [2.24, 2.45) is 0 Å². The number of ether oxygens (including phenoxy) is 1. The van der Waals surface area contributed by atoms with Crippen LogP contribution in [0.25, 0.3) is 0 Å². The van der Waals surface area contributed by atoms with Gasteiger partial charge < -0.3 is 4.74 Å². The van der Waals surface area contributed by atoms with E-state index >= 15 is 0 Å². The summed E-state index contributed by atoms with van der Waals surface area (Å²) in [5.74, 6) is -0.595. The topological polar surface area (TPSA) is 87.7 Å². The first-order valence-electron chi connectivity index (χ1n) is 9.47. The molecule has 1 aliphatic rings. The minimum Gasteiger partial charge on any atom is -0.491 e. The Hall–Kier alpha value is -3.35. The predicted octanol–water partition coefficient (Wildman–Crippen LogP) is 2.56. The molecule has 0 unspecified atom stereocenters. The van der Waals surface area contributed by atoms with Gasteiger partial charge in [0.1, 0.15) is 12.3 Å². The molecule has 0 aromatic heterocycles. The number of benzene rings is 2. The zero-order chi connectivity index (χ0) is 21.0. The van der Waals surface area contributed by atoms with Gasteiger partial charge in [-0.3, -0.25) is 30.1 Å². The van der Waals surface area contributed by atoms with Crippen LogP contribution in [0, 0.1) is 0 Å². The maximum Gasteiger partial charge on any atom is 0.269 e. The van der Waals surface area contributed by atoms with E-state index in [-0.39, 0.29) is 30.9 Å². The van der Waals surface area contributed by atoms with Gasteiger partial charge in [0, 0.05) is 5.56 Å². The van der Waals surface area contributed by atoms with Crippen LogP contribution in [0.4, 0.5) is 5.69 Å². The zero-order valence-electron chi connectivity index (χ0n) is 16.8. The van der Waals surface area contributed by atoms with Crippen molar-refractivity contribution in [3.05, 3.63) is 59.7 Å². The SMILES string of the molecule is CC(C)(C)c1ccc(C(=O)NNC(=O)CN2C(=O)CCOc3ccccc32)cc1. The van der Waals surface area contributed by atoms with E-state index in [0.717, 1.165) is 5.56 Å². The molecule has 0 radical (unpaired) electrons. The monoisotopic (exact) mass is 395 g/mol. The van der Waals surface area contributed by atoms with E-state index in [9.17, 15) is 14.4 Å². The minimum atomic E-state index is -0.505. The predicted molar refractivity (Wildman–Crippen MR) is 110 cm³/mol. The normalized spacial score (nSPS) is 13.8. The van der Waals surface area contributed by atoms with Crippen LogP contribution in [-0.4, -0.2) is 30.9 Å². The zero-order valence-corrected chi connectivity index (χ0v) is 16.8. The Kier molecular flexibility index (Phi) is 5.87. The summed E-state index contributed by atoms with van der Waals surface area (Å²) in [6, 6.07) is 14.3. The average Bonchev–Trinajstić information content (AvgIpc) is 2.84. The highest BCUT2D eigenvalue weighted by molar-refractivity contribution is 6.01. The molecule has 2 aromatic rings. The first-order chi connectivity index (χ1) is 13.8. The van der Waals surface area contributed by atoms with Gasteiger partial charge in [-0.2, -0.15) is 0 Å².